The molecule has 0 fully saturated rings. The fourth-order valence-electron chi connectivity index (χ4n) is 2.10. The van der Waals surface area contributed by atoms with E-state index in [2.05, 4.69) is 5.32 Å². The van der Waals surface area contributed by atoms with E-state index in [1.165, 1.54) is 12.1 Å². The molecule has 5 nitrogen and oxygen atoms in total. The van der Waals surface area contributed by atoms with Crippen molar-refractivity contribution in [3.63, 3.8) is 0 Å². The third-order valence-corrected chi connectivity index (χ3v) is 5.26. The van der Waals surface area contributed by atoms with E-state index in [0.717, 1.165) is 0 Å². The van der Waals surface area contributed by atoms with Gasteiger partial charge in [-0.1, -0.05) is 11.6 Å². The first kappa shape index (κ1) is 19.3. The van der Waals surface area contributed by atoms with Crippen molar-refractivity contribution in [1.82, 2.24) is 0 Å². The molecule has 0 heterocycles. The number of nitrogens with one attached hydrogen (secondary N) is 1. The van der Waals surface area contributed by atoms with Gasteiger partial charge in [-0.15, -0.1) is 0 Å². The summed E-state index contributed by atoms with van der Waals surface area (Å²) in [6.07, 6.45) is -0.117. The summed E-state index contributed by atoms with van der Waals surface area (Å²) < 4.78 is 30.1. The summed E-state index contributed by atoms with van der Waals surface area (Å²) in [5.74, 6) is -0.0309. The highest BCUT2D eigenvalue weighted by atomic mass is 35.5. The second-order valence-electron chi connectivity index (χ2n) is 5.76. The zero-order valence-corrected chi connectivity index (χ0v) is 15.6. The number of ether oxygens (including phenoxy) is 1. The number of amides is 1. The molecule has 0 radical (unpaired) electrons. The highest BCUT2D eigenvalue weighted by molar-refractivity contribution is 7.91. The van der Waals surface area contributed by atoms with Crippen molar-refractivity contribution in [2.75, 3.05) is 11.1 Å². The van der Waals surface area contributed by atoms with Crippen LogP contribution in [0.2, 0.25) is 5.02 Å². The fourth-order valence-corrected chi connectivity index (χ4v) is 3.47. The van der Waals surface area contributed by atoms with Gasteiger partial charge in [-0.25, -0.2) is 8.42 Å². The lowest BCUT2D eigenvalue weighted by Gasteiger charge is -2.10. The molecule has 0 saturated carbocycles. The van der Waals surface area contributed by atoms with Gasteiger partial charge in [0.1, 0.15) is 5.75 Å². The summed E-state index contributed by atoms with van der Waals surface area (Å²) in [6, 6.07) is 12.8. The van der Waals surface area contributed by atoms with Crippen molar-refractivity contribution in [3.05, 3.63) is 53.6 Å². The number of carbonyl (C=O) groups excluding carboxylic acids is 1. The zero-order valence-electron chi connectivity index (χ0n) is 14.0. The van der Waals surface area contributed by atoms with Crippen LogP contribution in [0.1, 0.15) is 20.3 Å². The minimum absolute atomic E-state index is 0.0130. The highest BCUT2D eigenvalue weighted by Crippen LogP contribution is 2.19. The molecule has 25 heavy (non-hydrogen) atoms. The maximum Gasteiger partial charge on any atom is 0.225 e. The van der Waals surface area contributed by atoms with E-state index in [9.17, 15) is 13.2 Å². The molecule has 0 unspecified atom stereocenters. The number of hydrogen-bond donors (Lipinski definition) is 1. The minimum Gasteiger partial charge on any atom is -0.491 e. The van der Waals surface area contributed by atoms with Crippen LogP contribution in [0.25, 0.3) is 0 Å². The Bertz CT molecular complexity index is 815. The van der Waals surface area contributed by atoms with Crippen LogP contribution in [0, 0.1) is 0 Å². The maximum absolute atomic E-state index is 12.3. The smallest absolute Gasteiger partial charge is 0.225 e. The van der Waals surface area contributed by atoms with Crippen LogP contribution in [0.4, 0.5) is 5.69 Å². The molecule has 2 rings (SSSR count). The first-order chi connectivity index (χ1) is 11.8. The number of benzene rings is 2. The Morgan fingerprint density at radius 1 is 1.08 bits per heavy atom. The lowest BCUT2D eigenvalue weighted by Crippen LogP contribution is -2.17. The van der Waals surface area contributed by atoms with Crippen molar-refractivity contribution in [3.8, 4) is 5.75 Å². The predicted octanol–water partition coefficient (Wildman–Crippen LogP) is 3.93. The van der Waals surface area contributed by atoms with Gasteiger partial charge in [-0.05, 0) is 62.4 Å². The number of anilines is 1. The molecule has 0 aromatic heterocycles. The molecule has 0 atom stereocenters. The van der Waals surface area contributed by atoms with E-state index in [1.54, 1.807) is 36.4 Å². The number of hydrogen-bond acceptors (Lipinski definition) is 4. The van der Waals surface area contributed by atoms with Crippen LogP contribution in [-0.2, 0) is 14.6 Å². The molecule has 1 N–H and O–H groups in total. The van der Waals surface area contributed by atoms with Gasteiger partial charge in [0.05, 0.1) is 16.8 Å². The minimum atomic E-state index is -3.54. The Balaban J connectivity index is 1.94. The second-order valence-corrected chi connectivity index (χ2v) is 8.31. The molecule has 134 valence electrons. The SMILES string of the molecule is CC(C)Oc1ccc(S(=O)(=O)CCC(=O)Nc2ccc(Cl)cc2)cc1. The van der Waals surface area contributed by atoms with E-state index in [0.29, 0.717) is 16.5 Å². The molecule has 0 spiro atoms. The lowest BCUT2D eigenvalue weighted by molar-refractivity contribution is -0.115. The predicted molar refractivity (Wildman–Crippen MR) is 99.0 cm³/mol. The van der Waals surface area contributed by atoms with Crippen molar-refractivity contribution >= 4 is 33.0 Å². The van der Waals surface area contributed by atoms with Crippen molar-refractivity contribution in [2.45, 2.75) is 31.3 Å². The summed E-state index contributed by atoms with van der Waals surface area (Å²) in [6.45, 7) is 3.79. The van der Waals surface area contributed by atoms with Crippen LogP contribution >= 0.6 is 11.6 Å². The average molecular weight is 382 g/mol. The normalized spacial score (nSPS) is 11.4. The fraction of sp³-hybridized carbons (Fsp3) is 0.278. The van der Waals surface area contributed by atoms with E-state index in [-0.39, 0.29) is 29.1 Å². The van der Waals surface area contributed by atoms with Gasteiger partial charge < -0.3 is 10.1 Å². The Hall–Kier alpha value is -2.05. The van der Waals surface area contributed by atoms with Gasteiger partial charge in [0, 0.05) is 17.1 Å². The van der Waals surface area contributed by atoms with Crippen molar-refractivity contribution in [1.29, 1.82) is 0 Å². The van der Waals surface area contributed by atoms with E-state index >= 15 is 0 Å². The second kappa shape index (κ2) is 8.36. The van der Waals surface area contributed by atoms with Gasteiger partial charge in [0.15, 0.2) is 9.84 Å². The van der Waals surface area contributed by atoms with Crippen LogP contribution in [0.3, 0.4) is 0 Å². The monoisotopic (exact) mass is 381 g/mol. The molecule has 0 aliphatic heterocycles. The van der Waals surface area contributed by atoms with E-state index < -0.39 is 9.84 Å². The third kappa shape index (κ3) is 6.07. The summed E-state index contributed by atoms with van der Waals surface area (Å²) in [4.78, 5) is 12.1. The van der Waals surface area contributed by atoms with Crippen LogP contribution < -0.4 is 10.1 Å². The summed E-state index contributed by atoms with van der Waals surface area (Å²) in [7, 11) is -3.54. The Morgan fingerprint density at radius 3 is 2.24 bits per heavy atom. The molecule has 1 amide bonds. The van der Waals surface area contributed by atoms with Crippen molar-refractivity contribution < 1.29 is 17.9 Å². The van der Waals surface area contributed by atoms with E-state index in [4.69, 9.17) is 16.3 Å². The quantitative estimate of drug-likeness (QED) is 0.788. The maximum atomic E-state index is 12.3. The first-order valence-electron chi connectivity index (χ1n) is 7.81. The summed E-state index contributed by atoms with van der Waals surface area (Å²) in [5.41, 5.74) is 0.571. The van der Waals surface area contributed by atoms with E-state index in [1.807, 2.05) is 13.8 Å². The zero-order chi connectivity index (χ0) is 18.4. The van der Waals surface area contributed by atoms with Crippen LogP contribution in [0.15, 0.2) is 53.4 Å². The lowest BCUT2D eigenvalue weighted by atomic mass is 10.3. The summed E-state index contributed by atoms with van der Waals surface area (Å²) >= 11 is 5.77. The largest absolute Gasteiger partial charge is 0.491 e. The topological polar surface area (TPSA) is 72.5 Å². The molecule has 0 aliphatic carbocycles. The van der Waals surface area contributed by atoms with Crippen LogP contribution in [0.5, 0.6) is 5.75 Å². The highest BCUT2D eigenvalue weighted by Gasteiger charge is 2.17. The molecular formula is C18H20ClNO4S. The standard InChI is InChI=1S/C18H20ClNO4S/c1-13(2)24-16-7-9-17(10-8-16)25(22,23)12-11-18(21)20-15-5-3-14(19)4-6-15/h3-10,13H,11-12H2,1-2H3,(H,20,21). The Kier molecular flexibility index (Phi) is 6.45. The number of rotatable bonds is 7. The number of halogens is 1. The van der Waals surface area contributed by atoms with Crippen molar-refractivity contribution in [2.24, 2.45) is 0 Å². The molecule has 0 aliphatic rings. The summed E-state index contributed by atoms with van der Waals surface area (Å²) in [5, 5.41) is 3.20. The molecule has 0 saturated heterocycles. The molecular weight excluding hydrogens is 362 g/mol. The third-order valence-electron chi connectivity index (χ3n) is 3.28. The number of sulfone groups is 1. The Morgan fingerprint density at radius 2 is 1.68 bits per heavy atom. The Labute approximate surface area is 152 Å². The molecule has 0 bridgehead atoms. The van der Waals surface area contributed by atoms with Crippen LogP contribution in [-0.4, -0.2) is 26.2 Å². The molecule has 2 aromatic rings. The van der Waals surface area contributed by atoms with Gasteiger partial charge >= 0.3 is 0 Å². The number of carbonyl (C=O) groups is 1. The van der Waals surface area contributed by atoms with Gasteiger partial charge in [0.25, 0.3) is 0 Å². The van der Waals surface area contributed by atoms with Gasteiger partial charge in [-0.2, -0.15) is 0 Å². The van der Waals surface area contributed by atoms with Gasteiger partial charge in [-0.3, -0.25) is 4.79 Å². The molecule has 2 aromatic carbocycles. The van der Waals surface area contributed by atoms with Gasteiger partial charge in [0.2, 0.25) is 5.91 Å². The first-order valence-corrected chi connectivity index (χ1v) is 9.84. The average Bonchev–Trinajstić information content (AvgIpc) is 2.55. The molecule has 7 heteroatoms.